The Bertz CT molecular complexity index is 1510. The first-order valence-corrected chi connectivity index (χ1v) is 14.3. The van der Waals surface area contributed by atoms with E-state index in [1.807, 2.05) is 24.0 Å². The molecule has 40 heavy (non-hydrogen) atoms. The van der Waals surface area contributed by atoms with Crippen LogP contribution in [0.1, 0.15) is 4.88 Å². The Kier molecular flexibility index (Phi) is 7.16. The Labute approximate surface area is 237 Å². The summed E-state index contributed by atoms with van der Waals surface area (Å²) in [5, 5.41) is 3.97. The van der Waals surface area contributed by atoms with Crippen molar-refractivity contribution in [2.45, 2.75) is 6.92 Å². The second-order valence-corrected chi connectivity index (χ2v) is 11.6. The Morgan fingerprint density at radius 2 is 1.55 bits per heavy atom. The number of hydrogen-bond donors (Lipinski definition) is 2. The first kappa shape index (κ1) is 26.3. The van der Waals surface area contributed by atoms with E-state index in [9.17, 15) is 9.18 Å². The maximum atomic E-state index is 13.6. The smallest absolute Gasteiger partial charge is 0.321 e. The van der Waals surface area contributed by atoms with Crippen LogP contribution in [-0.4, -0.2) is 85.2 Å². The first-order chi connectivity index (χ1) is 19.4. The predicted molar refractivity (Wildman–Crippen MR) is 161 cm³/mol. The summed E-state index contributed by atoms with van der Waals surface area (Å²) in [4.78, 5) is 32.8. The summed E-state index contributed by atoms with van der Waals surface area (Å²) in [6.45, 7) is 8.47. The van der Waals surface area contributed by atoms with Crippen molar-refractivity contribution in [2.75, 3.05) is 80.3 Å². The highest BCUT2D eigenvalue weighted by atomic mass is 32.1. The number of carbonyl (C=O) groups is 1. The number of piperazine rings is 2. The molecule has 208 valence electrons. The van der Waals surface area contributed by atoms with E-state index in [1.165, 1.54) is 17.8 Å². The van der Waals surface area contributed by atoms with Crippen LogP contribution in [0.2, 0.25) is 0 Å². The van der Waals surface area contributed by atoms with Crippen LogP contribution in [0.3, 0.4) is 0 Å². The molecule has 2 aromatic carbocycles. The molecule has 0 atom stereocenters. The monoisotopic (exact) mass is 560 g/mol. The zero-order valence-electron chi connectivity index (χ0n) is 22.7. The highest BCUT2D eigenvalue weighted by Crippen LogP contribution is 2.42. The van der Waals surface area contributed by atoms with Gasteiger partial charge in [0.25, 0.3) is 0 Å². The van der Waals surface area contributed by atoms with E-state index in [4.69, 9.17) is 5.73 Å². The molecule has 4 aromatic rings. The quantitative estimate of drug-likeness (QED) is 0.380. The molecule has 2 aliphatic rings. The molecule has 0 saturated carbocycles. The number of nitrogens with zero attached hydrogens (tertiary/aromatic N) is 6. The number of anilines is 4. The molecule has 4 heterocycles. The van der Waals surface area contributed by atoms with Gasteiger partial charge in [-0.3, -0.25) is 0 Å². The summed E-state index contributed by atoms with van der Waals surface area (Å²) < 4.78 is 13.6. The van der Waals surface area contributed by atoms with Crippen LogP contribution in [0.4, 0.5) is 32.3 Å². The Morgan fingerprint density at radius 1 is 0.900 bits per heavy atom. The van der Waals surface area contributed by atoms with Gasteiger partial charge in [-0.05, 0) is 55.9 Å². The summed E-state index contributed by atoms with van der Waals surface area (Å²) in [5.74, 6) is 0.697. The zero-order valence-corrected chi connectivity index (χ0v) is 23.5. The third-order valence-corrected chi connectivity index (χ3v) is 8.71. The molecule has 0 bridgehead atoms. The number of fused-ring (bicyclic) bond motifs is 1. The van der Waals surface area contributed by atoms with E-state index >= 15 is 0 Å². The van der Waals surface area contributed by atoms with Crippen molar-refractivity contribution in [1.82, 2.24) is 19.8 Å². The standard InChI is InChI=1S/C29H33FN8OS/c1-19-24(20-3-5-21(30)6-4-20)25-26(33-28(31)34-27(25)40-19)37-15-17-38(18-16-37)29(39)32-22-7-9-23(10-8-22)36-13-11-35(2)12-14-36/h3-10H,11-18H2,1-2H3,(H,32,39)(H2,31,33,34). The Hall–Kier alpha value is -3.96. The minimum absolute atomic E-state index is 0.113. The number of hydrogen-bond acceptors (Lipinski definition) is 8. The van der Waals surface area contributed by atoms with Crippen molar-refractivity contribution in [3.05, 3.63) is 59.2 Å². The van der Waals surface area contributed by atoms with Crippen molar-refractivity contribution in [3.8, 4) is 11.1 Å². The molecule has 0 unspecified atom stereocenters. The van der Waals surface area contributed by atoms with Crippen LogP contribution in [0, 0.1) is 12.7 Å². The molecule has 0 spiro atoms. The number of halogens is 1. The maximum absolute atomic E-state index is 13.6. The number of aryl methyl sites for hydroxylation is 1. The fraction of sp³-hybridized carbons (Fsp3) is 0.345. The van der Waals surface area contributed by atoms with Gasteiger partial charge in [0.15, 0.2) is 0 Å². The summed E-state index contributed by atoms with van der Waals surface area (Å²) in [7, 11) is 2.15. The van der Waals surface area contributed by atoms with Crippen molar-refractivity contribution in [1.29, 1.82) is 0 Å². The number of likely N-dealkylation sites (N-methyl/N-ethyl adjacent to an activating group) is 1. The van der Waals surface area contributed by atoms with E-state index in [0.717, 1.165) is 63.9 Å². The average molecular weight is 561 g/mol. The fourth-order valence-electron chi connectivity index (χ4n) is 5.45. The number of urea groups is 1. The molecule has 11 heteroatoms. The second-order valence-electron chi connectivity index (χ2n) is 10.4. The normalized spacial score (nSPS) is 16.5. The lowest BCUT2D eigenvalue weighted by Crippen LogP contribution is -2.50. The highest BCUT2D eigenvalue weighted by molar-refractivity contribution is 7.19. The number of nitrogens with one attached hydrogen (secondary N) is 1. The van der Waals surface area contributed by atoms with E-state index in [1.54, 1.807) is 23.5 Å². The summed E-state index contributed by atoms with van der Waals surface area (Å²) >= 11 is 1.56. The van der Waals surface area contributed by atoms with Gasteiger partial charge in [-0.25, -0.2) is 14.2 Å². The number of amides is 2. The van der Waals surface area contributed by atoms with Crippen LogP contribution in [-0.2, 0) is 0 Å². The van der Waals surface area contributed by atoms with Crippen LogP contribution < -0.4 is 20.9 Å². The van der Waals surface area contributed by atoms with Crippen molar-refractivity contribution in [2.24, 2.45) is 0 Å². The van der Waals surface area contributed by atoms with Gasteiger partial charge in [-0.15, -0.1) is 11.3 Å². The van der Waals surface area contributed by atoms with Crippen LogP contribution in [0.5, 0.6) is 0 Å². The Morgan fingerprint density at radius 3 is 2.23 bits per heavy atom. The van der Waals surface area contributed by atoms with Crippen LogP contribution in [0.25, 0.3) is 21.3 Å². The number of rotatable bonds is 4. The van der Waals surface area contributed by atoms with Gasteiger partial charge < -0.3 is 30.7 Å². The molecule has 2 saturated heterocycles. The van der Waals surface area contributed by atoms with Gasteiger partial charge in [0, 0.05) is 74.2 Å². The van der Waals surface area contributed by atoms with Crippen LogP contribution in [0.15, 0.2) is 48.5 Å². The molecule has 9 nitrogen and oxygen atoms in total. The van der Waals surface area contributed by atoms with Crippen molar-refractivity contribution < 1.29 is 9.18 Å². The number of carbonyl (C=O) groups excluding carboxylic acids is 1. The first-order valence-electron chi connectivity index (χ1n) is 13.5. The molecular formula is C29H33FN8OS. The lowest BCUT2D eigenvalue weighted by molar-refractivity contribution is 0.208. The minimum Gasteiger partial charge on any atom is -0.369 e. The van der Waals surface area contributed by atoms with Crippen LogP contribution >= 0.6 is 11.3 Å². The zero-order chi connectivity index (χ0) is 27.8. The molecule has 0 radical (unpaired) electrons. The number of nitrogen functional groups attached to an aromatic ring is 1. The molecule has 3 N–H and O–H groups in total. The fourth-order valence-corrected chi connectivity index (χ4v) is 6.49. The van der Waals surface area contributed by atoms with E-state index in [2.05, 4.69) is 49.2 Å². The van der Waals surface area contributed by atoms with Gasteiger partial charge in [0.05, 0.1) is 5.39 Å². The SMILES string of the molecule is Cc1sc2nc(N)nc(N3CCN(C(=O)Nc4ccc(N5CCN(C)CC5)cc4)CC3)c2c1-c1ccc(F)cc1. The predicted octanol–water partition coefficient (Wildman–Crippen LogP) is 4.49. The number of thiophene rings is 1. The summed E-state index contributed by atoms with van der Waals surface area (Å²) in [6, 6.07) is 14.5. The largest absolute Gasteiger partial charge is 0.369 e. The number of nitrogens with two attached hydrogens (primary N) is 1. The summed E-state index contributed by atoms with van der Waals surface area (Å²) in [6.07, 6.45) is 0. The van der Waals surface area contributed by atoms with Gasteiger partial charge in [0.2, 0.25) is 5.95 Å². The van der Waals surface area contributed by atoms with E-state index < -0.39 is 0 Å². The van der Waals surface area contributed by atoms with Crippen molar-refractivity contribution in [3.63, 3.8) is 0 Å². The third-order valence-electron chi connectivity index (χ3n) is 7.71. The van der Waals surface area contributed by atoms with Gasteiger partial charge in [-0.1, -0.05) is 12.1 Å². The molecule has 2 fully saturated rings. The Balaban J connectivity index is 1.14. The number of benzene rings is 2. The molecule has 2 aromatic heterocycles. The maximum Gasteiger partial charge on any atom is 0.321 e. The van der Waals surface area contributed by atoms with Gasteiger partial charge in [-0.2, -0.15) is 4.98 Å². The molecular weight excluding hydrogens is 527 g/mol. The van der Waals surface area contributed by atoms with Crippen molar-refractivity contribution >= 4 is 50.7 Å². The molecule has 2 amide bonds. The molecule has 6 rings (SSSR count). The molecule has 2 aliphatic heterocycles. The second kappa shape index (κ2) is 10.9. The van der Waals surface area contributed by atoms with E-state index in [-0.39, 0.29) is 17.8 Å². The topological polar surface area (TPSA) is 93.9 Å². The lowest BCUT2D eigenvalue weighted by Gasteiger charge is -2.36. The minimum atomic E-state index is -0.276. The number of aromatic nitrogens is 2. The third kappa shape index (κ3) is 5.26. The van der Waals surface area contributed by atoms with Gasteiger partial charge >= 0.3 is 6.03 Å². The average Bonchev–Trinajstić information content (AvgIpc) is 3.29. The van der Waals surface area contributed by atoms with E-state index in [0.29, 0.717) is 26.2 Å². The highest BCUT2D eigenvalue weighted by Gasteiger charge is 2.26. The molecule has 0 aliphatic carbocycles. The summed E-state index contributed by atoms with van der Waals surface area (Å²) in [5.41, 5.74) is 9.98. The lowest BCUT2D eigenvalue weighted by atomic mass is 10.0. The van der Waals surface area contributed by atoms with Gasteiger partial charge in [0.1, 0.15) is 16.5 Å².